The van der Waals surface area contributed by atoms with Gasteiger partial charge in [0, 0.05) is 25.6 Å². The third kappa shape index (κ3) is 3.15. The molecule has 2 rings (SSSR count). The molecule has 116 valence electrons. The third-order valence-corrected chi connectivity index (χ3v) is 4.93. The highest BCUT2D eigenvalue weighted by Gasteiger charge is 2.48. The number of likely N-dealkylation sites (tertiary alicyclic amines) is 2. The maximum atomic E-state index is 12.4. The summed E-state index contributed by atoms with van der Waals surface area (Å²) >= 11 is 0. The lowest BCUT2D eigenvalue weighted by Gasteiger charge is -2.50. The first-order valence-electron chi connectivity index (χ1n) is 7.59. The number of piperidine rings is 1. The zero-order valence-electron chi connectivity index (χ0n) is 13.0. The number of ether oxygens (including phenoxy) is 1. The van der Waals surface area contributed by atoms with Crippen LogP contribution in [0.1, 0.15) is 33.1 Å². The van der Waals surface area contributed by atoms with Crippen LogP contribution >= 0.6 is 0 Å². The van der Waals surface area contributed by atoms with Gasteiger partial charge in [-0.1, -0.05) is 13.8 Å². The summed E-state index contributed by atoms with van der Waals surface area (Å²) in [6.07, 6.45) is 2.98. The second kappa shape index (κ2) is 6.00. The fourth-order valence-electron chi connectivity index (χ4n) is 3.31. The van der Waals surface area contributed by atoms with Crippen LogP contribution in [0.25, 0.3) is 0 Å². The normalized spacial score (nSPS) is 30.7. The lowest BCUT2D eigenvalue weighted by Crippen LogP contribution is -2.61. The van der Waals surface area contributed by atoms with Gasteiger partial charge in [0.15, 0.2) is 0 Å². The molecule has 2 aliphatic rings. The number of rotatable bonds is 4. The van der Waals surface area contributed by atoms with Crippen molar-refractivity contribution >= 4 is 5.91 Å². The molecule has 0 radical (unpaired) electrons. The van der Waals surface area contributed by atoms with E-state index in [0.717, 1.165) is 13.1 Å². The lowest BCUT2D eigenvalue weighted by molar-refractivity contribution is -0.164. The molecule has 0 aliphatic carbocycles. The van der Waals surface area contributed by atoms with Crippen LogP contribution in [0.2, 0.25) is 0 Å². The largest absolute Gasteiger partial charge is 0.387 e. The molecule has 2 heterocycles. The summed E-state index contributed by atoms with van der Waals surface area (Å²) in [5.41, 5.74) is -1.19. The molecule has 0 aromatic carbocycles. The van der Waals surface area contributed by atoms with Crippen LogP contribution < -0.4 is 0 Å². The molecule has 1 N–H and O–H groups in total. The van der Waals surface area contributed by atoms with Crippen LogP contribution in [0.4, 0.5) is 0 Å². The second-order valence-electron chi connectivity index (χ2n) is 6.90. The average molecular weight is 284 g/mol. The Hall–Kier alpha value is -0.650. The monoisotopic (exact) mass is 284 g/mol. The Morgan fingerprint density at radius 3 is 2.45 bits per heavy atom. The second-order valence-corrected chi connectivity index (χ2v) is 6.90. The molecule has 1 unspecified atom stereocenters. The molecule has 5 heteroatoms. The van der Waals surface area contributed by atoms with Crippen molar-refractivity contribution in [2.24, 2.45) is 5.41 Å². The molecule has 0 spiro atoms. The first-order valence-corrected chi connectivity index (χ1v) is 7.59. The summed E-state index contributed by atoms with van der Waals surface area (Å²) in [5, 5.41) is 10.7. The van der Waals surface area contributed by atoms with E-state index < -0.39 is 5.60 Å². The standard InChI is InChI=1S/C15H28N2O3/c1-14(2)11-17(9-6-15(14,19)12-20-3)13(18)10-16-7-4-5-8-16/h19H,4-12H2,1-3H3. The molecular weight excluding hydrogens is 256 g/mol. The van der Waals surface area contributed by atoms with Crippen molar-refractivity contribution in [3.63, 3.8) is 0 Å². The van der Waals surface area contributed by atoms with Crippen molar-refractivity contribution in [1.82, 2.24) is 9.80 Å². The van der Waals surface area contributed by atoms with Gasteiger partial charge in [0.1, 0.15) is 0 Å². The van der Waals surface area contributed by atoms with Gasteiger partial charge < -0.3 is 14.7 Å². The highest BCUT2D eigenvalue weighted by atomic mass is 16.5. The van der Waals surface area contributed by atoms with Gasteiger partial charge in [0.25, 0.3) is 0 Å². The molecule has 0 bridgehead atoms. The highest BCUT2D eigenvalue weighted by Crippen LogP contribution is 2.38. The minimum Gasteiger partial charge on any atom is -0.387 e. The van der Waals surface area contributed by atoms with Crippen molar-refractivity contribution < 1.29 is 14.6 Å². The molecule has 1 atom stereocenters. The molecule has 0 aromatic rings. The zero-order valence-corrected chi connectivity index (χ0v) is 13.0. The van der Waals surface area contributed by atoms with Gasteiger partial charge in [-0.25, -0.2) is 0 Å². The quantitative estimate of drug-likeness (QED) is 0.826. The lowest BCUT2D eigenvalue weighted by atomic mass is 9.70. The number of hydrogen-bond acceptors (Lipinski definition) is 4. The summed E-state index contributed by atoms with van der Waals surface area (Å²) < 4.78 is 5.16. The van der Waals surface area contributed by atoms with Crippen LogP contribution in [0.15, 0.2) is 0 Å². The van der Waals surface area contributed by atoms with E-state index in [9.17, 15) is 9.90 Å². The Balaban J connectivity index is 1.94. The Bertz CT molecular complexity index is 353. The molecular formula is C15H28N2O3. The predicted molar refractivity (Wildman–Crippen MR) is 77.5 cm³/mol. The maximum Gasteiger partial charge on any atom is 0.236 e. The predicted octanol–water partition coefficient (Wildman–Crippen LogP) is 0.718. The minimum atomic E-state index is -0.841. The van der Waals surface area contributed by atoms with Gasteiger partial charge in [-0.05, 0) is 32.4 Å². The topological polar surface area (TPSA) is 53.0 Å². The number of amides is 1. The van der Waals surface area contributed by atoms with E-state index in [1.807, 2.05) is 18.7 Å². The first kappa shape index (κ1) is 15.7. The van der Waals surface area contributed by atoms with E-state index in [0.29, 0.717) is 32.7 Å². The van der Waals surface area contributed by atoms with E-state index >= 15 is 0 Å². The van der Waals surface area contributed by atoms with Crippen LogP contribution in [-0.4, -0.2) is 72.9 Å². The van der Waals surface area contributed by atoms with Crippen molar-refractivity contribution in [2.45, 2.75) is 38.7 Å². The Kier molecular flexibility index (Phi) is 4.72. The van der Waals surface area contributed by atoms with Crippen molar-refractivity contribution in [2.75, 3.05) is 46.4 Å². The number of hydrogen-bond donors (Lipinski definition) is 1. The van der Waals surface area contributed by atoms with Gasteiger partial charge in [-0.3, -0.25) is 9.69 Å². The number of methoxy groups -OCH3 is 1. The van der Waals surface area contributed by atoms with Gasteiger partial charge in [0.2, 0.25) is 5.91 Å². The van der Waals surface area contributed by atoms with E-state index in [2.05, 4.69) is 4.90 Å². The molecule has 5 nitrogen and oxygen atoms in total. The Morgan fingerprint density at radius 2 is 1.90 bits per heavy atom. The third-order valence-electron chi connectivity index (χ3n) is 4.93. The summed E-state index contributed by atoms with van der Waals surface area (Å²) in [6, 6.07) is 0. The molecule has 0 aromatic heterocycles. The van der Waals surface area contributed by atoms with Crippen LogP contribution in [0.5, 0.6) is 0 Å². The molecule has 2 fully saturated rings. The number of carbonyl (C=O) groups excluding carboxylic acids is 1. The van der Waals surface area contributed by atoms with Crippen molar-refractivity contribution in [1.29, 1.82) is 0 Å². The van der Waals surface area contributed by atoms with Crippen LogP contribution in [0, 0.1) is 5.41 Å². The average Bonchev–Trinajstić information content (AvgIpc) is 2.86. The van der Waals surface area contributed by atoms with Gasteiger partial charge >= 0.3 is 0 Å². The van der Waals surface area contributed by atoms with Gasteiger partial charge in [-0.15, -0.1) is 0 Å². The van der Waals surface area contributed by atoms with E-state index in [-0.39, 0.29) is 11.3 Å². The maximum absolute atomic E-state index is 12.4. The molecule has 0 saturated carbocycles. The molecule has 1 amide bonds. The fourth-order valence-corrected chi connectivity index (χ4v) is 3.31. The number of aliphatic hydroxyl groups is 1. The van der Waals surface area contributed by atoms with Crippen LogP contribution in [-0.2, 0) is 9.53 Å². The summed E-state index contributed by atoms with van der Waals surface area (Å²) in [6.45, 7) is 8.18. The number of carbonyl (C=O) groups is 1. The van der Waals surface area contributed by atoms with Crippen LogP contribution in [0.3, 0.4) is 0 Å². The number of nitrogens with zero attached hydrogens (tertiary/aromatic N) is 2. The minimum absolute atomic E-state index is 0.194. The highest BCUT2D eigenvalue weighted by molar-refractivity contribution is 5.78. The summed E-state index contributed by atoms with van der Waals surface area (Å²) in [5.74, 6) is 0.194. The summed E-state index contributed by atoms with van der Waals surface area (Å²) in [7, 11) is 1.61. The summed E-state index contributed by atoms with van der Waals surface area (Å²) in [4.78, 5) is 16.5. The SMILES string of the molecule is COCC1(O)CCN(C(=O)CN2CCCC2)CC1(C)C. The zero-order chi connectivity index (χ0) is 14.8. The fraction of sp³-hybridized carbons (Fsp3) is 0.933. The Morgan fingerprint density at radius 1 is 1.25 bits per heavy atom. The van der Waals surface area contributed by atoms with Gasteiger partial charge in [-0.2, -0.15) is 0 Å². The molecule has 20 heavy (non-hydrogen) atoms. The first-order chi connectivity index (χ1) is 9.38. The van der Waals surface area contributed by atoms with Crippen molar-refractivity contribution in [3.05, 3.63) is 0 Å². The Labute approximate surface area is 121 Å². The molecule has 2 aliphatic heterocycles. The van der Waals surface area contributed by atoms with Crippen molar-refractivity contribution in [3.8, 4) is 0 Å². The van der Waals surface area contributed by atoms with E-state index in [1.54, 1.807) is 7.11 Å². The van der Waals surface area contributed by atoms with Gasteiger partial charge in [0.05, 0.1) is 18.8 Å². The van der Waals surface area contributed by atoms with E-state index in [4.69, 9.17) is 4.74 Å². The molecule has 2 saturated heterocycles. The van der Waals surface area contributed by atoms with E-state index in [1.165, 1.54) is 12.8 Å². The smallest absolute Gasteiger partial charge is 0.236 e.